The molecular formula is C22H23FN4O3S. The lowest BCUT2D eigenvalue weighted by atomic mass is 10.0. The van der Waals surface area contributed by atoms with Crippen molar-refractivity contribution in [2.45, 2.75) is 17.9 Å². The van der Waals surface area contributed by atoms with Crippen LogP contribution in [-0.4, -0.2) is 42.7 Å². The Kier molecular flexibility index (Phi) is 6.43. The fraction of sp³-hybridized carbons (Fsp3) is 0.273. The summed E-state index contributed by atoms with van der Waals surface area (Å²) >= 11 is 4.52. The molecule has 4 rings (SSSR count). The fourth-order valence-corrected chi connectivity index (χ4v) is 3.98. The van der Waals surface area contributed by atoms with Crippen LogP contribution in [0, 0.1) is 5.82 Å². The largest absolute Gasteiger partial charge is 0.489 e. The molecule has 31 heavy (non-hydrogen) atoms. The quantitative estimate of drug-likeness (QED) is 0.318. The highest BCUT2D eigenvalue weighted by atomic mass is 32.1. The van der Waals surface area contributed by atoms with Gasteiger partial charge < -0.3 is 25.1 Å². The number of ether oxygens (including phenoxy) is 2. The maximum absolute atomic E-state index is 14.3. The summed E-state index contributed by atoms with van der Waals surface area (Å²) in [6, 6.07) is 6.62. The second kappa shape index (κ2) is 9.40. The number of pyridine rings is 1. The van der Waals surface area contributed by atoms with E-state index in [-0.39, 0.29) is 11.7 Å². The van der Waals surface area contributed by atoms with Gasteiger partial charge in [0.15, 0.2) is 0 Å². The van der Waals surface area contributed by atoms with Crippen LogP contribution in [0.2, 0.25) is 0 Å². The Labute approximate surface area is 184 Å². The van der Waals surface area contributed by atoms with Crippen molar-refractivity contribution in [3.8, 4) is 5.75 Å². The number of nitrogens with zero attached hydrogens (tertiary/aromatic N) is 1. The van der Waals surface area contributed by atoms with E-state index in [2.05, 4.69) is 33.2 Å². The van der Waals surface area contributed by atoms with Gasteiger partial charge in [-0.2, -0.15) is 0 Å². The number of hydrogen-bond acceptors (Lipinski definition) is 6. The second-order valence-electron chi connectivity index (χ2n) is 7.05. The maximum atomic E-state index is 14.3. The van der Waals surface area contributed by atoms with E-state index in [0.29, 0.717) is 65.5 Å². The zero-order valence-electron chi connectivity index (χ0n) is 17.0. The molecule has 0 spiro atoms. The summed E-state index contributed by atoms with van der Waals surface area (Å²) in [5.41, 5.74) is 3.17. The Morgan fingerprint density at radius 3 is 2.97 bits per heavy atom. The highest BCUT2D eigenvalue weighted by molar-refractivity contribution is 7.80. The van der Waals surface area contributed by atoms with Crippen LogP contribution < -0.4 is 15.4 Å². The number of aromatic nitrogens is 2. The van der Waals surface area contributed by atoms with Crippen molar-refractivity contribution in [2.75, 3.05) is 26.9 Å². The first-order valence-corrected chi connectivity index (χ1v) is 10.3. The summed E-state index contributed by atoms with van der Waals surface area (Å²) in [7, 11) is 1.61. The topological polar surface area (TPSA) is 88.3 Å². The van der Waals surface area contributed by atoms with Crippen LogP contribution in [0.1, 0.15) is 17.7 Å². The third kappa shape index (κ3) is 4.38. The lowest BCUT2D eigenvalue weighted by Gasteiger charge is -2.22. The van der Waals surface area contributed by atoms with Crippen molar-refractivity contribution in [3.05, 3.63) is 59.4 Å². The molecule has 3 aromatic rings. The summed E-state index contributed by atoms with van der Waals surface area (Å²) in [5, 5.41) is 6.59. The third-order valence-corrected chi connectivity index (χ3v) is 5.54. The van der Waals surface area contributed by atoms with Gasteiger partial charge in [-0.15, -0.1) is 12.6 Å². The van der Waals surface area contributed by atoms with E-state index in [1.807, 2.05) is 6.07 Å². The minimum Gasteiger partial charge on any atom is -0.489 e. The molecule has 1 aliphatic heterocycles. The number of thiol groups is 1. The summed E-state index contributed by atoms with van der Waals surface area (Å²) < 4.78 is 25.1. The van der Waals surface area contributed by atoms with Crippen LogP contribution in [-0.2, 0) is 16.1 Å². The molecule has 0 saturated heterocycles. The molecule has 2 aromatic heterocycles. The molecule has 3 heterocycles. The van der Waals surface area contributed by atoms with Gasteiger partial charge in [-0.3, -0.25) is 9.78 Å². The Morgan fingerprint density at radius 1 is 1.29 bits per heavy atom. The van der Waals surface area contributed by atoms with E-state index in [0.717, 1.165) is 11.3 Å². The number of aromatic amines is 1. The molecule has 0 aliphatic carbocycles. The van der Waals surface area contributed by atoms with Gasteiger partial charge in [-0.1, -0.05) is 6.07 Å². The number of fused-ring (bicyclic) bond motifs is 1. The number of carbonyl (C=O) groups is 1. The number of rotatable bonds is 8. The minimum atomic E-state index is -0.383. The van der Waals surface area contributed by atoms with E-state index in [1.54, 1.807) is 31.6 Å². The first-order chi connectivity index (χ1) is 15.1. The predicted octanol–water partition coefficient (Wildman–Crippen LogP) is 3.04. The van der Waals surface area contributed by atoms with Crippen LogP contribution in [0.4, 0.5) is 4.39 Å². The number of hydrogen-bond donors (Lipinski definition) is 4. The van der Waals surface area contributed by atoms with Crippen molar-refractivity contribution in [2.24, 2.45) is 0 Å². The van der Waals surface area contributed by atoms with E-state index in [1.165, 1.54) is 6.07 Å². The number of methoxy groups -OCH3 is 1. The molecule has 0 fully saturated rings. The Morgan fingerprint density at radius 2 is 2.16 bits per heavy atom. The van der Waals surface area contributed by atoms with Crippen molar-refractivity contribution >= 4 is 35.0 Å². The molecule has 3 N–H and O–H groups in total. The summed E-state index contributed by atoms with van der Waals surface area (Å²) in [6.45, 7) is 1.83. The molecule has 0 radical (unpaired) electrons. The highest BCUT2D eigenvalue weighted by Gasteiger charge is 2.26. The maximum Gasteiger partial charge on any atom is 0.255 e. The van der Waals surface area contributed by atoms with E-state index >= 15 is 0 Å². The Bertz CT molecular complexity index is 1140. The van der Waals surface area contributed by atoms with Gasteiger partial charge in [0.25, 0.3) is 5.91 Å². The molecule has 1 amide bonds. The Balaban J connectivity index is 1.66. The molecule has 0 atom stereocenters. The van der Waals surface area contributed by atoms with Gasteiger partial charge in [0.05, 0.1) is 24.1 Å². The number of H-pyrrole nitrogens is 1. The number of halogens is 1. The van der Waals surface area contributed by atoms with Crippen LogP contribution in [0.25, 0.3) is 16.5 Å². The molecule has 0 saturated carbocycles. The average Bonchev–Trinajstić information content (AvgIpc) is 3.10. The first-order valence-electron chi connectivity index (χ1n) is 9.89. The van der Waals surface area contributed by atoms with E-state index in [9.17, 15) is 9.18 Å². The zero-order chi connectivity index (χ0) is 21.8. The predicted molar refractivity (Wildman–Crippen MR) is 119 cm³/mol. The van der Waals surface area contributed by atoms with Gasteiger partial charge >= 0.3 is 0 Å². The molecule has 9 heteroatoms. The monoisotopic (exact) mass is 442 g/mol. The number of nitrogens with one attached hydrogen (secondary N) is 3. The van der Waals surface area contributed by atoms with Gasteiger partial charge in [-0.05, 0) is 18.2 Å². The van der Waals surface area contributed by atoms with Gasteiger partial charge in [0.1, 0.15) is 18.2 Å². The normalized spacial score (nSPS) is 14.1. The van der Waals surface area contributed by atoms with Crippen molar-refractivity contribution in [3.63, 3.8) is 0 Å². The van der Waals surface area contributed by atoms with Crippen molar-refractivity contribution < 1.29 is 18.7 Å². The fourth-order valence-electron chi connectivity index (χ4n) is 3.58. The van der Waals surface area contributed by atoms with Gasteiger partial charge in [-0.25, -0.2) is 4.39 Å². The standard InChI is InChI=1S/C22H23FN4O3S/c1-29-9-10-30-17-12-24-7-5-13(17)11-26-15-6-8-25-22(28)19(15)20-21(31)18-14(23)3-2-4-16(18)27-20/h2-5,7,12,26-27,31H,6,8-11H2,1H3,(H,25,28). The van der Waals surface area contributed by atoms with E-state index in [4.69, 9.17) is 9.47 Å². The van der Waals surface area contributed by atoms with Crippen molar-refractivity contribution in [1.29, 1.82) is 0 Å². The van der Waals surface area contributed by atoms with Gasteiger partial charge in [0, 0.05) is 59.9 Å². The molecule has 0 bridgehead atoms. The summed E-state index contributed by atoms with van der Waals surface area (Å²) in [6.07, 6.45) is 3.95. The summed E-state index contributed by atoms with van der Waals surface area (Å²) in [5.74, 6) is 0.0327. The van der Waals surface area contributed by atoms with Crippen LogP contribution in [0.3, 0.4) is 0 Å². The number of carbonyl (C=O) groups excluding carboxylic acids is 1. The van der Waals surface area contributed by atoms with Crippen LogP contribution in [0.5, 0.6) is 5.75 Å². The Hall–Kier alpha value is -3.04. The highest BCUT2D eigenvalue weighted by Crippen LogP contribution is 2.34. The van der Waals surface area contributed by atoms with Crippen molar-refractivity contribution in [1.82, 2.24) is 20.6 Å². The smallest absolute Gasteiger partial charge is 0.255 e. The van der Waals surface area contributed by atoms with E-state index < -0.39 is 0 Å². The third-order valence-electron chi connectivity index (χ3n) is 5.09. The lowest BCUT2D eigenvalue weighted by molar-refractivity contribution is -0.115. The number of benzene rings is 1. The number of amides is 1. The lowest BCUT2D eigenvalue weighted by Crippen LogP contribution is -2.35. The van der Waals surface area contributed by atoms with Crippen LogP contribution in [0.15, 0.2) is 47.3 Å². The molecular weight excluding hydrogens is 419 g/mol. The van der Waals surface area contributed by atoms with Gasteiger partial charge in [0.2, 0.25) is 0 Å². The second-order valence-corrected chi connectivity index (χ2v) is 7.50. The molecule has 0 unspecified atom stereocenters. The average molecular weight is 443 g/mol. The molecule has 162 valence electrons. The minimum absolute atomic E-state index is 0.234. The zero-order valence-corrected chi connectivity index (χ0v) is 17.9. The summed E-state index contributed by atoms with van der Waals surface area (Å²) in [4.78, 5) is 20.4. The SMILES string of the molecule is COCCOc1cnccc1CNC1=C(c2[nH]c3cccc(F)c3c2S)C(=O)NCC1. The molecule has 1 aromatic carbocycles. The van der Waals surface area contributed by atoms with Crippen LogP contribution >= 0.6 is 12.6 Å². The first kappa shape index (κ1) is 21.2. The molecule has 1 aliphatic rings. The molecule has 7 nitrogen and oxygen atoms in total.